The first-order valence-corrected chi connectivity index (χ1v) is 14.1. The van der Waals surface area contributed by atoms with E-state index in [2.05, 4.69) is 52.3 Å². The molecule has 5 rings (SSSR count). The van der Waals surface area contributed by atoms with Gasteiger partial charge in [0.15, 0.2) is 6.61 Å². The molecule has 0 bridgehead atoms. The van der Waals surface area contributed by atoms with Crippen LogP contribution in [0.1, 0.15) is 56.1 Å². The van der Waals surface area contributed by atoms with Gasteiger partial charge in [-0.25, -0.2) is 0 Å². The first-order valence-electron chi connectivity index (χ1n) is 14.1. The summed E-state index contributed by atoms with van der Waals surface area (Å²) in [6.07, 6.45) is 9.60. The lowest BCUT2D eigenvalue weighted by atomic mass is 9.73. The van der Waals surface area contributed by atoms with Gasteiger partial charge in [-0.05, 0) is 93.7 Å². The number of hydrogen-bond donors (Lipinski definition) is 0. The summed E-state index contributed by atoms with van der Waals surface area (Å²) in [5.41, 5.74) is 2.90. The molecule has 2 saturated heterocycles. The van der Waals surface area contributed by atoms with Gasteiger partial charge in [0.1, 0.15) is 5.75 Å². The van der Waals surface area contributed by atoms with Crippen LogP contribution in [0.3, 0.4) is 0 Å². The molecule has 5 heteroatoms. The lowest BCUT2D eigenvalue weighted by Crippen LogP contribution is -2.52. The van der Waals surface area contributed by atoms with E-state index in [0.29, 0.717) is 6.04 Å². The van der Waals surface area contributed by atoms with Gasteiger partial charge < -0.3 is 14.5 Å². The van der Waals surface area contributed by atoms with Crippen LogP contribution < -0.4 is 4.74 Å². The van der Waals surface area contributed by atoms with E-state index < -0.39 is 0 Å². The highest BCUT2D eigenvalue weighted by atomic mass is 16.5. The topological polar surface area (TPSA) is 36.0 Å². The van der Waals surface area contributed by atoms with E-state index >= 15 is 0 Å². The minimum absolute atomic E-state index is 0.0953. The molecule has 2 aromatic rings. The number of benzene rings is 2. The number of fused-ring (bicyclic) bond motifs is 1. The lowest BCUT2D eigenvalue weighted by Gasteiger charge is -2.47. The molecule has 5 nitrogen and oxygen atoms in total. The van der Waals surface area contributed by atoms with E-state index in [4.69, 9.17) is 4.74 Å². The van der Waals surface area contributed by atoms with Crippen molar-refractivity contribution in [2.24, 2.45) is 5.41 Å². The Bertz CT molecular complexity index is 978. The number of hydrogen-bond acceptors (Lipinski definition) is 4. The van der Waals surface area contributed by atoms with E-state index in [1.165, 1.54) is 82.3 Å². The Morgan fingerprint density at radius 2 is 1.61 bits per heavy atom. The Balaban J connectivity index is 1.15. The van der Waals surface area contributed by atoms with Crippen LogP contribution in [0, 0.1) is 5.41 Å². The Hall–Kier alpha value is -2.37. The SMILES string of the molecule is CN1CC2(CCCCc3ccccc3OCC1=O)CCN(C1CCN(Cc3ccccc3)CC1)CC2. The summed E-state index contributed by atoms with van der Waals surface area (Å²) in [6.45, 7) is 6.80. The van der Waals surface area contributed by atoms with Gasteiger partial charge >= 0.3 is 0 Å². The van der Waals surface area contributed by atoms with Crippen LogP contribution in [0.2, 0.25) is 0 Å². The molecule has 0 aliphatic carbocycles. The van der Waals surface area contributed by atoms with Crippen molar-refractivity contribution in [3.63, 3.8) is 0 Å². The summed E-state index contributed by atoms with van der Waals surface area (Å²) in [6, 6.07) is 19.8. The maximum absolute atomic E-state index is 12.9. The maximum Gasteiger partial charge on any atom is 0.260 e. The second-order valence-corrected chi connectivity index (χ2v) is 11.4. The van der Waals surface area contributed by atoms with Crippen molar-refractivity contribution in [1.82, 2.24) is 14.7 Å². The standard InChI is InChI=1S/C31H43N3O2/c1-32-25-31(16-8-7-12-27-11-5-6-13-29(27)36-24-30(32)35)17-21-34(22-18-31)28-14-19-33(20-15-28)23-26-9-3-2-4-10-26/h2-6,9-11,13,28H,7-8,12,14-25H2,1H3. The van der Waals surface area contributed by atoms with Crippen molar-refractivity contribution in [3.8, 4) is 5.75 Å². The molecule has 194 valence electrons. The summed E-state index contributed by atoms with van der Waals surface area (Å²) in [7, 11) is 1.97. The second-order valence-electron chi connectivity index (χ2n) is 11.4. The Morgan fingerprint density at radius 1 is 0.889 bits per heavy atom. The lowest BCUT2D eigenvalue weighted by molar-refractivity contribution is -0.134. The molecular formula is C31H43N3O2. The normalized spacial score (nSPS) is 22.9. The molecule has 1 spiro atoms. The van der Waals surface area contributed by atoms with Gasteiger partial charge in [-0.2, -0.15) is 0 Å². The van der Waals surface area contributed by atoms with Gasteiger partial charge in [-0.15, -0.1) is 0 Å². The van der Waals surface area contributed by atoms with Gasteiger partial charge in [0.2, 0.25) is 0 Å². The van der Waals surface area contributed by atoms with Crippen molar-refractivity contribution < 1.29 is 9.53 Å². The molecule has 3 aliphatic heterocycles. The fourth-order valence-electron chi connectivity index (χ4n) is 6.64. The highest BCUT2D eigenvalue weighted by molar-refractivity contribution is 5.77. The third kappa shape index (κ3) is 6.30. The molecule has 2 fully saturated rings. The molecule has 0 N–H and O–H groups in total. The molecule has 0 aromatic heterocycles. The number of ether oxygens (including phenoxy) is 1. The molecular weight excluding hydrogens is 446 g/mol. The van der Waals surface area contributed by atoms with E-state index in [1.807, 2.05) is 24.1 Å². The highest BCUT2D eigenvalue weighted by Crippen LogP contribution is 2.39. The van der Waals surface area contributed by atoms with E-state index in [-0.39, 0.29) is 17.9 Å². The van der Waals surface area contributed by atoms with Crippen LogP contribution in [-0.4, -0.2) is 73.0 Å². The van der Waals surface area contributed by atoms with Gasteiger partial charge in [0.05, 0.1) is 0 Å². The van der Waals surface area contributed by atoms with Gasteiger partial charge in [0, 0.05) is 26.2 Å². The Morgan fingerprint density at radius 3 is 2.39 bits per heavy atom. The molecule has 1 amide bonds. The minimum Gasteiger partial charge on any atom is -0.483 e. The van der Waals surface area contributed by atoms with E-state index in [1.54, 1.807) is 0 Å². The first-order chi connectivity index (χ1) is 17.6. The van der Waals surface area contributed by atoms with Gasteiger partial charge in [0.25, 0.3) is 5.91 Å². The highest BCUT2D eigenvalue weighted by Gasteiger charge is 2.38. The predicted octanol–water partition coefficient (Wildman–Crippen LogP) is 5.00. The van der Waals surface area contributed by atoms with Crippen LogP contribution in [0.5, 0.6) is 5.75 Å². The molecule has 0 unspecified atom stereocenters. The fourth-order valence-corrected chi connectivity index (χ4v) is 6.64. The quantitative estimate of drug-likeness (QED) is 0.608. The smallest absolute Gasteiger partial charge is 0.260 e. The Kier molecular flexibility index (Phi) is 8.28. The van der Waals surface area contributed by atoms with Gasteiger partial charge in [-0.1, -0.05) is 55.0 Å². The van der Waals surface area contributed by atoms with E-state index in [9.17, 15) is 4.79 Å². The van der Waals surface area contributed by atoms with Crippen molar-refractivity contribution in [3.05, 3.63) is 65.7 Å². The number of para-hydroxylation sites is 1. The Labute approximate surface area is 217 Å². The molecule has 3 aliphatic rings. The van der Waals surface area contributed by atoms with Gasteiger partial charge in [-0.3, -0.25) is 9.69 Å². The third-order valence-electron chi connectivity index (χ3n) is 8.91. The second kappa shape index (κ2) is 11.8. The number of likely N-dealkylation sites (N-methyl/N-ethyl adjacent to an activating group) is 1. The summed E-state index contributed by atoms with van der Waals surface area (Å²) in [4.78, 5) is 20.3. The van der Waals surface area contributed by atoms with Crippen LogP contribution in [0.4, 0.5) is 0 Å². The number of amides is 1. The van der Waals surface area contributed by atoms with Crippen molar-refractivity contribution in [2.75, 3.05) is 46.4 Å². The van der Waals surface area contributed by atoms with Crippen molar-refractivity contribution in [1.29, 1.82) is 0 Å². The van der Waals surface area contributed by atoms with Crippen LogP contribution in [0.15, 0.2) is 54.6 Å². The maximum atomic E-state index is 12.9. The predicted molar refractivity (Wildman–Crippen MR) is 145 cm³/mol. The summed E-state index contributed by atoms with van der Waals surface area (Å²) in [5.74, 6) is 0.968. The molecule has 2 aromatic carbocycles. The number of piperidine rings is 2. The van der Waals surface area contributed by atoms with Crippen molar-refractivity contribution in [2.45, 2.75) is 64.0 Å². The number of rotatable bonds is 3. The fraction of sp³-hybridized carbons (Fsp3) is 0.581. The van der Waals surface area contributed by atoms with Crippen LogP contribution in [0.25, 0.3) is 0 Å². The molecule has 0 saturated carbocycles. The average Bonchev–Trinajstić information content (AvgIpc) is 2.91. The summed E-state index contributed by atoms with van der Waals surface area (Å²) >= 11 is 0. The monoisotopic (exact) mass is 489 g/mol. The molecule has 0 atom stereocenters. The molecule has 3 heterocycles. The zero-order valence-electron chi connectivity index (χ0n) is 22.0. The average molecular weight is 490 g/mol. The molecule has 36 heavy (non-hydrogen) atoms. The number of carbonyl (C=O) groups excluding carboxylic acids is 1. The number of carbonyl (C=O) groups is 1. The number of likely N-dealkylation sites (tertiary alicyclic amines) is 2. The van der Waals surface area contributed by atoms with Crippen LogP contribution >= 0.6 is 0 Å². The van der Waals surface area contributed by atoms with Crippen LogP contribution in [-0.2, 0) is 17.8 Å². The van der Waals surface area contributed by atoms with Crippen molar-refractivity contribution >= 4 is 5.91 Å². The molecule has 0 radical (unpaired) electrons. The zero-order valence-corrected chi connectivity index (χ0v) is 22.0. The minimum atomic E-state index is 0.0953. The summed E-state index contributed by atoms with van der Waals surface area (Å²) < 4.78 is 5.96. The number of aryl methyl sites for hydroxylation is 1. The number of nitrogens with zero attached hydrogens (tertiary/aromatic N) is 3. The zero-order chi connectivity index (χ0) is 24.8. The summed E-state index contributed by atoms with van der Waals surface area (Å²) in [5, 5.41) is 0. The van der Waals surface area contributed by atoms with E-state index in [0.717, 1.165) is 25.3 Å². The third-order valence-corrected chi connectivity index (χ3v) is 8.91. The largest absolute Gasteiger partial charge is 0.483 e. The first kappa shape index (κ1) is 25.3.